The van der Waals surface area contributed by atoms with Gasteiger partial charge in [0.05, 0.1) is 0 Å². The molecule has 0 radical (unpaired) electrons. The minimum atomic E-state index is -0.519. The van der Waals surface area contributed by atoms with Gasteiger partial charge >= 0.3 is 0 Å². The third-order valence-corrected chi connectivity index (χ3v) is 4.62. The van der Waals surface area contributed by atoms with Gasteiger partial charge in [-0.15, -0.1) is 0 Å². The average molecular weight is 411 g/mol. The van der Waals surface area contributed by atoms with Crippen molar-refractivity contribution < 1.29 is 18.3 Å². The molecule has 0 atom stereocenters. The van der Waals surface area contributed by atoms with Gasteiger partial charge in [-0.25, -0.2) is 9.37 Å². The molecule has 1 amide bonds. The molecule has 4 aromatic rings. The number of halogens is 2. The first-order chi connectivity index (χ1) is 14.0. The van der Waals surface area contributed by atoms with Gasteiger partial charge in [0.1, 0.15) is 5.52 Å². The molecule has 0 aliphatic rings. The summed E-state index contributed by atoms with van der Waals surface area (Å²) in [7, 11) is 0. The Morgan fingerprint density at radius 3 is 2.83 bits per heavy atom. The summed E-state index contributed by atoms with van der Waals surface area (Å²) in [6.07, 6.45) is 0. The highest BCUT2D eigenvalue weighted by molar-refractivity contribution is 6.31. The molecule has 1 heterocycles. The second kappa shape index (κ2) is 7.93. The zero-order valence-corrected chi connectivity index (χ0v) is 16.2. The van der Waals surface area contributed by atoms with Gasteiger partial charge in [-0.2, -0.15) is 0 Å². The zero-order chi connectivity index (χ0) is 20.4. The Hall–Kier alpha value is -3.38. The lowest BCUT2D eigenvalue weighted by atomic mass is 10.1. The van der Waals surface area contributed by atoms with E-state index in [-0.39, 0.29) is 12.4 Å². The maximum atomic E-state index is 13.6. The van der Waals surface area contributed by atoms with Crippen LogP contribution in [0.4, 0.5) is 10.1 Å². The number of benzene rings is 3. The maximum Gasteiger partial charge on any atom is 0.262 e. The molecule has 146 valence electrons. The van der Waals surface area contributed by atoms with Gasteiger partial charge in [-0.1, -0.05) is 29.8 Å². The Balaban J connectivity index is 1.53. The van der Waals surface area contributed by atoms with Crippen molar-refractivity contribution in [3.8, 4) is 17.2 Å². The number of nitrogens with zero attached hydrogens (tertiary/aromatic N) is 1. The molecule has 7 heteroatoms. The van der Waals surface area contributed by atoms with E-state index in [2.05, 4.69) is 10.3 Å². The van der Waals surface area contributed by atoms with Crippen molar-refractivity contribution in [3.63, 3.8) is 0 Å². The Labute approximate surface area is 171 Å². The first-order valence-electron chi connectivity index (χ1n) is 8.84. The fourth-order valence-electron chi connectivity index (χ4n) is 2.91. The van der Waals surface area contributed by atoms with Crippen molar-refractivity contribution in [2.24, 2.45) is 0 Å². The van der Waals surface area contributed by atoms with Crippen molar-refractivity contribution in [1.29, 1.82) is 0 Å². The van der Waals surface area contributed by atoms with E-state index in [1.165, 1.54) is 12.1 Å². The number of rotatable bonds is 5. The van der Waals surface area contributed by atoms with Crippen LogP contribution in [0.2, 0.25) is 5.02 Å². The number of nitrogens with one attached hydrogen (secondary N) is 1. The lowest BCUT2D eigenvalue weighted by Gasteiger charge is -2.12. The van der Waals surface area contributed by atoms with E-state index in [0.29, 0.717) is 27.7 Å². The molecule has 4 rings (SSSR count). The molecular weight excluding hydrogens is 395 g/mol. The van der Waals surface area contributed by atoms with E-state index in [0.717, 1.165) is 11.1 Å². The van der Waals surface area contributed by atoms with Crippen LogP contribution in [0.15, 0.2) is 65.1 Å². The number of aromatic nitrogens is 1. The summed E-state index contributed by atoms with van der Waals surface area (Å²) in [6.45, 7) is 1.54. The normalized spacial score (nSPS) is 10.9. The zero-order valence-electron chi connectivity index (χ0n) is 15.4. The van der Waals surface area contributed by atoms with Crippen LogP contribution in [0, 0.1) is 12.7 Å². The molecule has 0 fully saturated rings. The molecule has 29 heavy (non-hydrogen) atoms. The molecule has 0 saturated heterocycles. The number of carbonyl (C=O) groups excluding carboxylic acids is 1. The van der Waals surface area contributed by atoms with Crippen LogP contribution in [0.5, 0.6) is 5.75 Å². The molecule has 1 aromatic heterocycles. The second-order valence-electron chi connectivity index (χ2n) is 6.38. The minimum absolute atomic E-state index is 0.0262. The van der Waals surface area contributed by atoms with Crippen LogP contribution in [-0.2, 0) is 4.79 Å². The summed E-state index contributed by atoms with van der Waals surface area (Å²) in [5.74, 6) is -0.468. The highest BCUT2D eigenvalue weighted by Gasteiger charge is 2.15. The second-order valence-corrected chi connectivity index (χ2v) is 6.81. The van der Waals surface area contributed by atoms with Gasteiger partial charge in [0.25, 0.3) is 5.91 Å². The van der Waals surface area contributed by atoms with E-state index >= 15 is 0 Å². The van der Waals surface area contributed by atoms with Crippen molar-refractivity contribution in [1.82, 2.24) is 4.98 Å². The number of ether oxygens (including phenoxy) is 1. The third kappa shape index (κ3) is 4.07. The van der Waals surface area contributed by atoms with Crippen molar-refractivity contribution in [3.05, 3.63) is 77.1 Å². The fourth-order valence-corrected chi connectivity index (χ4v) is 3.08. The Bertz CT molecular complexity index is 1210. The van der Waals surface area contributed by atoms with Gasteiger partial charge in [0.15, 0.2) is 23.8 Å². The first kappa shape index (κ1) is 19.0. The number of fused-ring (bicyclic) bond motifs is 1. The predicted molar refractivity (Wildman–Crippen MR) is 110 cm³/mol. The molecule has 0 aliphatic heterocycles. The lowest BCUT2D eigenvalue weighted by Crippen LogP contribution is -2.21. The van der Waals surface area contributed by atoms with Crippen LogP contribution in [0.3, 0.4) is 0 Å². The number of carbonyl (C=O) groups is 1. The van der Waals surface area contributed by atoms with Crippen LogP contribution >= 0.6 is 11.6 Å². The quantitative estimate of drug-likeness (QED) is 0.464. The molecule has 1 N–H and O–H groups in total. The molecule has 3 aromatic carbocycles. The summed E-state index contributed by atoms with van der Waals surface area (Å²) in [4.78, 5) is 16.7. The van der Waals surface area contributed by atoms with Gasteiger partial charge in [-0.05, 0) is 55.0 Å². The van der Waals surface area contributed by atoms with E-state index in [1.54, 1.807) is 42.5 Å². The van der Waals surface area contributed by atoms with E-state index in [1.807, 2.05) is 13.0 Å². The summed E-state index contributed by atoms with van der Waals surface area (Å²) < 4.78 is 24.7. The van der Waals surface area contributed by atoms with Crippen LogP contribution in [0.25, 0.3) is 22.6 Å². The largest absolute Gasteiger partial charge is 0.481 e. The molecule has 0 bridgehead atoms. The molecule has 0 unspecified atom stereocenters. The van der Waals surface area contributed by atoms with Crippen LogP contribution in [0.1, 0.15) is 5.56 Å². The third-order valence-electron chi connectivity index (χ3n) is 4.38. The maximum absolute atomic E-state index is 13.6. The first-order valence-corrected chi connectivity index (χ1v) is 9.22. The Morgan fingerprint density at radius 1 is 1.17 bits per heavy atom. The number of anilines is 1. The van der Waals surface area contributed by atoms with Gasteiger partial charge in [0, 0.05) is 16.3 Å². The van der Waals surface area contributed by atoms with Crippen molar-refractivity contribution >= 4 is 34.3 Å². The number of amides is 1. The van der Waals surface area contributed by atoms with Gasteiger partial charge < -0.3 is 14.5 Å². The summed E-state index contributed by atoms with van der Waals surface area (Å²) in [5, 5.41) is 3.35. The monoisotopic (exact) mass is 410 g/mol. The number of hydrogen-bond donors (Lipinski definition) is 1. The van der Waals surface area contributed by atoms with Gasteiger partial charge in [-0.3, -0.25) is 4.79 Å². The highest BCUT2D eigenvalue weighted by Crippen LogP contribution is 2.31. The minimum Gasteiger partial charge on any atom is -0.481 e. The summed E-state index contributed by atoms with van der Waals surface area (Å²) in [6, 6.07) is 16.6. The lowest BCUT2D eigenvalue weighted by molar-refractivity contribution is -0.118. The number of hydrogen-bond acceptors (Lipinski definition) is 4. The smallest absolute Gasteiger partial charge is 0.262 e. The van der Waals surface area contributed by atoms with Crippen molar-refractivity contribution in [2.45, 2.75) is 6.92 Å². The molecule has 5 nitrogen and oxygen atoms in total. The predicted octanol–water partition coefficient (Wildman–Crippen LogP) is 5.61. The topological polar surface area (TPSA) is 64.4 Å². The molecule has 0 saturated carbocycles. The van der Waals surface area contributed by atoms with E-state index < -0.39 is 11.7 Å². The Kier molecular flexibility index (Phi) is 5.18. The average Bonchev–Trinajstić information content (AvgIpc) is 3.12. The number of para-hydroxylation sites is 1. The summed E-state index contributed by atoms with van der Waals surface area (Å²) in [5.41, 5.74) is 3.38. The van der Waals surface area contributed by atoms with Crippen LogP contribution in [-0.4, -0.2) is 17.5 Å². The standard InChI is InChI=1S/C22H16ClFN2O3/c1-13-15(22-26-18-11-14(23)9-10-20(18)29-22)5-4-7-17(13)25-21(27)12-28-19-8-3-2-6-16(19)24/h2-11H,12H2,1H3,(H,25,27). The highest BCUT2D eigenvalue weighted by atomic mass is 35.5. The number of oxazole rings is 1. The van der Waals surface area contributed by atoms with Gasteiger partial charge in [0.2, 0.25) is 5.89 Å². The summed E-state index contributed by atoms with van der Waals surface area (Å²) >= 11 is 6.01. The van der Waals surface area contributed by atoms with E-state index in [4.69, 9.17) is 20.8 Å². The van der Waals surface area contributed by atoms with E-state index in [9.17, 15) is 9.18 Å². The molecular formula is C22H16ClFN2O3. The van der Waals surface area contributed by atoms with Crippen LogP contribution < -0.4 is 10.1 Å². The molecule has 0 spiro atoms. The fraction of sp³-hybridized carbons (Fsp3) is 0.0909. The SMILES string of the molecule is Cc1c(NC(=O)COc2ccccc2F)cccc1-c1nc2cc(Cl)ccc2o1. The van der Waals surface area contributed by atoms with Crippen molar-refractivity contribution in [2.75, 3.05) is 11.9 Å². The Morgan fingerprint density at radius 2 is 2.00 bits per heavy atom. The molecule has 0 aliphatic carbocycles.